The number of hydrogen-bond acceptors (Lipinski definition) is 23. The third-order valence-electron chi connectivity index (χ3n) is 11.4. The number of carbonyl (C=O) groups excluding carboxylic acids is 7. The van der Waals surface area contributed by atoms with Gasteiger partial charge in [-0.3, -0.25) is 62.4 Å². The van der Waals surface area contributed by atoms with Gasteiger partial charge < -0.3 is 87.3 Å². The Morgan fingerprint density at radius 1 is 0.465 bits per heavy atom. The summed E-state index contributed by atoms with van der Waals surface area (Å²) < 4.78 is 0. The maximum atomic E-state index is 16.3. The number of nitrogens with zero attached hydrogens (tertiary/aromatic N) is 1. The van der Waals surface area contributed by atoms with Gasteiger partial charge in [0.05, 0.1) is 74.4 Å². The minimum atomic E-state index is -5.36. The van der Waals surface area contributed by atoms with E-state index < -0.39 is 198 Å². The molecule has 30 heteroatoms. The zero-order valence-electron chi connectivity index (χ0n) is 37.9. The van der Waals surface area contributed by atoms with Crippen molar-refractivity contribution in [1.82, 2.24) is 4.90 Å². The molecule has 0 aliphatic rings. The van der Waals surface area contributed by atoms with Gasteiger partial charge in [0.1, 0.15) is 11.2 Å². The van der Waals surface area contributed by atoms with Gasteiger partial charge in [0, 0.05) is 0 Å². The zero-order valence-corrected chi connectivity index (χ0v) is 37.9. The fraction of sp³-hybridized carbons (Fsp3) is 0.537. The summed E-state index contributed by atoms with van der Waals surface area (Å²) in [5.41, 5.74) is 39.8. The van der Waals surface area contributed by atoms with Gasteiger partial charge in [-0.1, -0.05) is 18.6 Å². The second-order valence-corrected chi connectivity index (χ2v) is 16.4. The molecule has 2 amide bonds. The summed E-state index contributed by atoms with van der Waals surface area (Å²) in [7, 11) is 0. The molecule has 0 spiro atoms. The first-order chi connectivity index (χ1) is 32.8. The first-order valence-electron chi connectivity index (χ1n) is 21.2. The lowest BCUT2D eigenvalue weighted by molar-refractivity contribution is -0.200. The zero-order chi connectivity index (χ0) is 55.1. The second-order valence-electron chi connectivity index (χ2n) is 16.4. The molecule has 30 nitrogen and oxygen atoms in total. The quantitative estimate of drug-likeness (QED) is 0.0225. The summed E-state index contributed by atoms with van der Waals surface area (Å²) in [5, 5.41) is 71.3. The number of nitrogens with two attached hydrogens (primary N) is 9. The minimum absolute atomic E-state index is 0.0766. The van der Waals surface area contributed by atoms with Crippen LogP contribution in [0.2, 0.25) is 0 Å². The molecule has 1 rings (SSSR count). The van der Waals surface area contributed by atoms with Gasteiger partial charge in [-0.05, 0) is 56.5 Å². The molecule has 394 valence electrons. The fourth-order valence-electron chi connectivity index (χ4n) is 8.41. The first-order valence-corrected chi connectivity index (χ1v) is 21.2. The Hall–Kier alpha value is -7.03. The Balaban J connectivity index is 5.82. The van der Waals surface area contributed by atoms with Crippen molar-refractivity contribution >= 4 is 76.5 Å². The molecule has 1 aromatic carbocycles. The van der Waals surface area contributed by atoms with E-state index in [1.165, 1.54) is 0 Å². The predicted octanol–water partition coefficient (Wildman–Crippen LogP) is -6.93. The molecular formula is C41H60N10O20. The number of Topliss-reactive ketones (excluding diaryl/α,β-unsaturated/α-hetero) is 5. The van der Waals surface area contributed by atoms with E-state index in [1.807, 2.05) is 0 Å². The van der Waals surface area contributed by atoms with E-state index in [-0.39, 0.29) is 30.7 Å². The predicted molar refractivity (Wildman–Crippen MR) is 238 cm³/mol. The molecule has 25 N–H and O–H groups in total. The number of carboxylic acids is 6. The molecule has 0 saturated carbocycles. The van der Waals surface area contributed by atoms with E-state index in [2.05, 4.69) is 0 Å². The van der Waals surface area contributed by atoms with Gasteiger partial charge in [-0.2, -0.15) is 0 Å². The molecule has 1 aromatic rings. The summed E-state index contributed by atoms with van der Waals surface area (Å²) in [6.07, 6.45) is -12.8. The van der Waals surface area contributed by atoms with E-state index in [1.54, 1.807) is 0 Å². The van der Waals surface area contributed by atoms with Crippen molar-refractivity contribution in [3.63, 3.8) is 0 Å². The average molecular weight is 1010 g/mol. The molecule has 10 atom stereocenters. The van der Waals surface area contributed by atoms with E-state index in [0.29, 0.717) is 0 Å². The number of phenols is 1. The summed E-state index contributed by atoms with van der Waals surface area (Å²) in [5.74, 6) is -31.4. The van der Waals surface area contributed by atoms with Crippen LogP contribution < -0.4 is 51.6 Å². The van der Waals surface area contributed by atoms with E-state index in [4.69, 9.17) is 51.6 Å². The number of imide groups is 1. The van der Waals surface area contributed by atoms with Crippen LogP contribution in [-0.4, -0.2) is 178 Å². The van der Waals surface area contributed by atoms with Crippen LogP contribution in [0, 0.1) is 10.8 Å². The number of hydrogen-bond donors (Lipinski definition) is 16. The van der Waals surface area contributed by atoms with Crippen molar-refractivity contribution in [2.24, 2.45) is 62.4 Å². The maximum Gasteiger partial charge on any atom is 0.339 e. The SMILES string of the molecule is NCCCCC(N)C(=O)C(C(=O)C(N)CC(=O)O)(C(CCN)(C(=O)C(N)CC(=O)O)C(=O)C(N)Cc1ccc(O)cc1)C(C(=O)O)(C(=O)C(N)CC(=O)O)N(C(=O)C(N)CC(=O)O)C(=O)C(N)CC(=O)O. The van der Waals surface area contributed by atoms with Gasteiger partial charge in [-0.15, -0.1) is 0 Å². The monoisotopic (exact) mass is 1010 g/mol. The number of ketones is 5. The van der Waals surface area contributed by atoms with E-state index in [0.717, 1.165) is 24.3 Å². The van der Waals surface area contributed by atoms with Crippen molar-refractivity contribution in [2.75, 3.05) is 13.1 Å². The second kappa shape index (κ2) is 26.3. The van der Waals surface area contributed by atoms with Crippen LogP contribution >= 0.6 is 0 Å². The van der Waals surface area contributed by atoms with Crippen LogP contribution in [0.5, 0.6) is 5.75 Å². The molecule has 0 bridgehead atoms. The lowest BCUT2D eigenvalue weighted by atomic mass is 9.42. The Morgan fingerprint density at radius 3 is 1.21 bits per heavy atom. The average Bonchev–Trinajstić information content (AvgIpc) is 3.26. The third kappa shape index (κ3) is 13.4. The molecule has 71 heavy (non-hydrogen) atoms. The van der Waals surface area contributed by atoms with Crippen LogP contribution in [0.15, 0.2) is 24.3 Å². The topological polar surface area (TPSA) is 601 Å². The van der Waals surface area contributed by atoms with Gasteiger partial charge >= 0.3 is 35.8 Å². The highest BCUT2D eigenvalue weighted by Crippen LogP contribution is 2.58. The Bertz CT molecular complexity index is 2210. The number of rotatable bonds is 34. The van der Waals surface area contributed by atoms with Crippen molar-refractivity contribution in [3.8, 4) is 5.75 Å². The summed E-state index contributed by atoms with van der Waals surface area (Å²) >= 11 is 0. The normalized spacial score (nSPS) is 16.9. The van der Waals surface area contributed by atoms with E-state index >= 15 is 38.4 Å². The molecular weight excluding hydrogens is 953 g/mol. The van der Waals surface area contributed by atoms with Gasteiger partial charge in [0.2, 0.25) is 17.4 Å². The summed E-state index contributed by atoms with van der Waals surface area (Å²) in [6.45, 7) is -1.52. The molecule has 0 radical (unpaired) electrons. The van der Waals surface area contributed by atoms with Gasteiger partial charge in [-0.25, -0.2) is 4.79 Å². The lowest BCUT2D eigenvalue weighted by Crippen LogP contribution is -2.87. The van der Waals surface area contributed by atoms with Crippen molar-refractivity contribution < 1.29 is 98.1 Å². The van der Waals surface area contributed by atoms with Crippen molar-refractivity contribution in [2.45, 2.75) is 112 Å². The van der Waals surface area contributed by atoms with Gasteiger partial charge in [0.15, 0.2) is 34.3 Å². The number of aliphatic carboxylic acids is 6. The highest BCUT2D eigenvalue weighted by molar-refractivity contribution is 6.34. The molecule has 0 aromatic heterocycles. The first kappa shape index (κ1) is 62.0. The molecule has 0 aliphatic carbocycles. The highest BCUT2D eigenvalue weighted by atomic mass is 16.4. The molecule has 0 saturated heterocycles. The number of phenolic OH excluding ortho intramolecular Hbond substituents is 1. The van der Waals surface area contributed by atoms with Crippen LogP contribution in [0.4, 0.5) is 0 Å². The fourth-order valence-corrected chi connectivity index (χ4v) is 8.41. The Labute approximate surface area is 402 Å². The minimum Gasteiger partial charge on any atom is -0.508 e. The third-order valence-corrected chi connectivity index (χ3v) is 11.4. The smallest absolute Gasteiger partial charge is 0.339 e. The molecule has 0 heterocycles. The number of carbonyl (C=O) groups is 13. The van der Waals surface area contributed by atoms with E-state index in [9.17, 15) is 59.7 Å². The standard InChI is InChI=1S/C41H60N10O20/c42-9-2-1-3-19(44)33(65)40(34(66)22(47)13-27(55)56,39(8-10-43,32(64)21(46)12-26(53)54)31(63)20(45)11-17-4-6-18(52)7-5-17)41(38(70)71,35(67)23(48)14-28(57)58)51(36(68)24(49)15-29(59)60)37(69)25(50)16-30(61)62/h4-7,19-25,52H,1-3,8-16,42-50H2,(H,53,54)(H,55,56)(H,57,58)(H,59,60)(H,61,62)(H,70,71). The van der Waals surface area contributed by atoms with Crippen LogP contribution in [-0.2, 0) is 68.7 Å². The van der Waals surface area contributed by atoms with Gasteiger partial charge in [0.25, 0.3) is 0 Å². The summed E-state index contributed by atoms with van der Waals surface area (Å²) in [4.78, 5) is 185. The van der Waals surface area contributed by atoms with Crippen LogP contribution in [0.25, 0.3) is 0 Å². The molecule has 10 unspecified atom stereocenters. The highest BCUT2D eigenvalue weighted by Gasteiger charge is 2.85. The van der Waals surface area contributed by atoms with Crippen molar-refractivity contribution in [3.05, 3.63) is 29.8 Å². The Kier molecular flexibility index (Phi) is 22.9. The lowest BCUT2D eigenvalue weighted by Gasteiger charge is -2.58. The molecule has 0 aliphatic heterocycles. The number of benzene rings is 1. The number of carboxylic acid groups (broad SMARTS) is 6. The van der Waals surface area contributed by atoms with Crippen LogP contribution in [0.1, 0.15) is 63.4 Å². The Morgan fingerprint density at radius 2 is 0.831 bits per heavy atom. The maximum absolute atomic E-state index is 16.3. The number of unbranched alkanes of at least 4 members (excludes halogenated alkanes) is 1. The number of aromatic hydroxyl groups is 1. The molecule has 0 fully saturated rings. The number of amides is 2. The van der Waals surface area contributed by atoms with Crippen LogP contribution in [0.3, 0.4) is 0 Å². The summed E-state index contributed by atoms with van der Waals surface area (Å²) in [6, 6.07) is -15.7. The van der Waals surface area contributed by atoms with Crippen molar-refractivity contribution in [1.29, 1.82) is 0 Å². The largest absolute Gasteiger partial charge is 0.508 e.